The summed E-state index contributed by atoms with van der Waals surface area (Å²) in [7, 11) is 0. The molecule has 0 saturated carbocycles. The van der Waals surface area contributed by atoms with Crippen LogP contribution >= 0.6 is 0 Å². The van der Waals surface area contributed by atoms with Crippen LogP contribution in [0.5, 0.6) is 0 Å². The lowest BCUT2D eigenvalue weighted by atomic mass is 10.1. The Morgan fingerprint density at radius 2 is 2.42 bits per heavy atom. The Balaban J connectivity index is 0.000000720. The van der Waals surface area contributed by atoms with Crippen LogP contribution < -0.4 is 0 Å². The smallest absolute Gasteiger partial charge is 0.154 e. The molecule has 0 aromatic carbocycles. The van der Waals surface area contributed by atoms with E-state index in [0.29, 0.717) is 13.0 Å². The molecule has 1 aliphatic heterocycles. The van der Waals surface area contributed by atoms with Crippen molar-refractivity contribution in [1.29, 1.82) is 0 Å². The third-order valence-electron chi connectivity index (χ3n) is 1.78. The van der Waals surface area contributed by atoms with Gasteiger partial charge < -0.3 is 19.4 Å². The van der Waals surface area contributed by atoms with Gasteiger partial charge in [0.05, 0.1) is 12.9 Å². The van der Waals surface area contributed by atoms with Crippen molar-refractivity contribution in [3.63, 3.8) is 0 Å². The van der Waals surface area contributed by atoms with Gasteiger partial charge in [-0.05, 0) is 12.1 Å². The minimum atomic E-state index is -0.558. The van der Waals surface area contributed by atoms with Crippen molar-refractivity contribution in [2.45, 2.75) is 12.0 Å². The van der Waals surface area contributed by atoms with Gasteiger partial charge in [-0.15, -0.1) is 0 Å². The van der Waals surface area contributed by atoms with Gasteiger partial charge in [0.1, 0.15) is 5.76 Å². The van der Waals surface area contributed by atoms with E-state index in [1.54, 1.807) is 12.3 Å². The lowest BCUT2D eigenvalue weighted by molar-refractivity contribution is -0.112. The van der Waals surface area contributed by atoms with Crippen molar-refractivity contribution < 1.29 is 19.4 Å². The molecule has 12 heavy (non-hydrogen) atoms. The largest absolute Gasteiger partial charge is 0.469 e. The first-order valence-electron chi connectivity index (χ1n) is 3.47. The fraction of sp³-hybridized carbons (Fsp3) is 0.375. The highest BCUT2D eigenvalue weighted by Gasteiger charge is 2.45. The Morgan fingerprint density at radius 1 is 1.67 bits per heavy atom. The van der Waals surface area contributed by atoms with Gasteiger partial charge in [-0.25, -0.2) is 0 Å². The van der Waals surface area contributed by atoms with E-state index in [9.17, 15) is 4.79 Å². The second-order valence-electron chi connectivity index (χ2n) is 2.73. The van der Waals surface area contributed by atoms with Crippen LogP contribution in [0.2, 0.25) is 0 Å². The minimum absolute atomic E-state index is 0. The standard InChI is InChI=1S/C8H8O3.H2O/c9-5-8(6-11-8)4-7-2-1-3-10-7;/h1-3,5H,4,6H2;1H2. The van der Waals surface area contributed by atoms with Gasteiger partial charge in [-0.2, -0.15) is 0 Å². The van der Waals surface area contributed by atoms with Crippen LogP contribution in [0.3, 0.4) is 0 Å². The van der Waals surface area contributed by atoms with Crippen molar-refractivity contribution in [3.8, 4) is 0 Å². The van der Waals surface area contributed by atoms with E-state index in [0.717, 1.165) is 12.0 Å². The van der Waals surface area contributed by atoms with Crippen molar-refractivity contribution >= 4 is 6.29 Å². The van der Waals surface area contributed by atoms with Crippen LogP contribution in [0.4, 0.5) is 0 Å². The Kier molecular flexibility index (Phi) is 2.30. The molecule has 1 unspecified atom stereocenters. The second-order valence-corrected chi connectivity index (χ2v) is 2.73. The summed E-state index contributed by atoms with van der Waals surface area (Å²) in [5, 5.41) is 0. The van der Waals surface area contributed by atoms with E-state index in [1.165, 1.54) is 0 Å². The van der Waals surface area contributed by atoms with E-state index in [2.05, 4.69) is 0 Å². The van der Waals surface area contributed by atoms with Crippen molar-refractivity contribution in [1.82, 2.24) is 0 Å². The molecule has 1 aromatic rings. The third kappa shape index (κ3) is 1.54. The summed E-state index contributed by atoms with van der Waals surface area (Å²) in [6, 6.07) is 3.64. The first-order chi connectivity index (χ1) is 5.35. The fourth-order valence-electron chi connectivity index (χ4n) is 1.01. The summed E-state index contributed by atoms with van der Waals surface area (Å²) in [5.41, 5.74) is -0.558. The number of carbonyl (C=O) groups is 1. The van der Waals surface area contributed by atoms with Crippen LogP contribution in [0.15, 0.2) is 22.8 Å². The molecular weight excluding hydrogens is 160 g/mol. The molecule has 66 valence electrons. The molecule has 1 fully saturated rings. The molecule has 0 bridgehead atoms. The third-order valence-corrected chi connectivity index (χ3v) is 1.78. The minimum Gasteiger partial charge on any atom is -0.469 e. The first kappa shape index (κ1) is 8.96. The highest BCUT2D eigenvalue weighted by molar-refractivity contribution is 5.66. The number of furan rings is 1. The number of hydrogen-bond donors (Lipinski definition) is 0. The van der Waals surface area contributed by atoms with Gasteiger partial charge in [-0.1, -0.05) is 0 Å². The summed E-state index contributed by atoms with van der Waals surface area (Å²) in [4.78, 5) is 10.4. The highest BCUT2D eigenvalue weighted by atomic mass is 16.6. The number of ether oxygens (including phenoxy) is 1. The van der Waals surface area contributed by atoms with Crippen LogP contribution in [0.1, 0.15) is 5.76 Å². The Bertz CT molecular complexity index is 248. The zero-order valence-electron chi connectivity index (χ0n) is 6.45. The molecule has 4 heteroatoms. The maximum atomic E-state index is 10.4. The Labute approximate surface area is 69.4 Å². The molecule has 1 atom stereocenters. The van der Waals surface area contributed by atoms with Crippen molar-refractivity contribution in [2.75, 3.05) is 6.61 Å². The molecule has 1 saturated heterocycles. The van der Waals surface area contributed by atoms with Gasteiger partial charge >= 0.3 is 0 Å². The Hall–Kier alpha value is -1.13. The summed E-state index contributed by atoms with van der Waals surface area (Å²) in [6.07, 6.45) is 3.00. The highest BCUT2D eigenvalue weighted by Crippen LogP contribution is 2.28. The zero-order chi connectivity index (χ0) is 7.73. The number of aldehydes is 1. The molecule has 0 radical (unpaired) electrons. The number of rotatable bonds is 3. The van der Waals surface area contributed by atoms with E-state index >= 15 is 0 Å². The van der Waals surface area contributed by atoms with Crippen LogP contribution in [-0.4, -0.2) is 24.0 Å². The second kappa shape index (κ2) is 3.08. The zero-order valence-corrected chi connectivity index (χ0v) is 6.45. The summed E-state index contributed by atoms with van der Waals surface area (Å²) < 4.78 is 10.1. The summed E-state index contributed by atoms with van der Waals surface area (Å²) >= 11 is 0. The van der Waals surface area contributed by atoms with E-state index in [-0.39, 0.29) is 5.48 Å². The average molecular weight is 170 g/mol. The van der Waals surface area contributed by atoms with Gasteiger partial charge in [0.25, 0.3) is 0 Å². The normalized spacial score (nSPS) is 26.0. The molecular formula is C8H10O4. The van der Waals surface area contributed by atoms with Crippen molar-refractivity contribution in [2.24, 2.45) is 0 Å². The fourth-order valence-corrected chi connectivity index (χ4v) is 1.01. The van der Waals surface area contributed by atoms with E-state index < -0.39 is 5.60 Å². The maximum Gasteiger partial charge on any atom is 0.154 e. The lowest BCUT2D eigenvalue weighted by Gasteiger charge is -1.97. The molecule has 4 nitrogen and oxygen atoms in total. The number of hydrogen-bond acceptors (Lipinski definition) is 3. The van der Waals surface area contributed by atoms with E-state index in [1.807, 2.05) is 6.07 Å². The summed E-state index contributed by atoms with van der Waals surface area (Å²) in [6.45, 7) is 0.525. The quantitative estimate of drug-likeness (QED) is 0.472. The molecule has 0 amide bonds. The number of carbonyl (C=O) groups excluding carboxylic acids is 1. The van der Waals surface area contributed by atoms with Crippen LogP contribution in [0, 0.1) is 0 Å². The Morgan fingerprint density at radius 3 is 2.83 bits per heavy atom. The predicted molar refractivity (Wildman–Crippen MR) is 40.8 cm³/mol. The lowest BCUT2D eigenvalue weighted by Crippen LogP contribution is -2.15. The molecule has 2 N–H and O–H groups in total. The topological polar surface area (TPSA) is 74.2 Å². The van der Waals surface area contributed by atoms with E-state index in [4.69, 9.17) is 9.15 Å². The molecule has 1 aliphatic rings. The van der Waals surface area contributed by atoms with Crippen molar-refractivity contribution in [3.05, 3.63) is 24.2 Å². The van der Waals surface area contributed by atoms with Crippen LogP contribution in [-0.2, 0) is 16.0 Å². The van der Waals surface area contributed by atoms with Crippen LogP contribution in [0.25, 0.3) is 0 Å². The monoisotopic (exact) mass is 170 g/mol. The maximum absolute atomic E-state index is 10.4. The molecule has 0 aliphatic carbocycles. The predicted octanol–water partition coefficient (Wildman–Crippen LogP) is -0.0347. The van der Waals surface area contributed by atoms with Gasteiger partial charge in [0.15, 0.2) is 11.9 Å². The average Bonchev–Trinajstić information content (AvgIpc) is 2.59. The van der Waals surface area contributed by atoms with Gasteiger partial charge in [0, 0.05) is 6.42 Å². The molecule has 0 spiro atoms. The van der Waals surface area contributed by atoms with Gasteiger partial charge in [0.2, 0.25) is 0 Å². The number of epoxide rings is 1. The first-order valence-corrected chi connectivity index (χ1v) is 3.47. The summed E-state index contributed by atoms with van der Waals surface area (Å²) in [5.74, 6) is 0.801. The molecule has 2 rings (SSSR count). The molecule has 1 aromatic heterocycles. The SMILES string of the molecule is O.O=CC1(Cc2ccco2)CO1. The van der Waals surface area contributed by atoms with Gasteiger partial charge in [-0.3, -0.25) is 0 Å². The molecule has 2 heterocycles.